The molecule has 4 fully saturated rings. The third kappa shape index (κ3) is 11.0. The van der Waals surface area contributed by atoms with E-state index >= 15 is 0 Å². The molecular weight excluding hydrogens is 1030 g/mol. The van der Waals surface area contributed by atoms with Gasteiger partial charge in [-0.3, -0.25) is 24.7 Å². The molecule has 2 saturated heterocycles. The predicted octanol–water partition coefficient (Wildman–Crippen LogP) is 10.6. The number of hydrogen-bond acceptors (Lipinski definition) is 14. The molecule has 0 radical (unpaired) electrons. The quantitative estimate of drug-likeness (QED) is 0.0526. The SMILES string of the molecule is COc1cc(CN2CCN(C3CC4(C3)CN(c3ccc(C(=O)NS(=O)(=O)c5ccc(NC[C@H]6CC[C@](C)(O)CC6)c([N+](=O)[O-])c5)c(Oc5cnc6[nH]cc(F)c6c5)c3)C4)[C@H](c3ccccc3C(C)C)C2)cc2c1OCCC2(C)C. The van der Waals surface area contributed by atoms with E-state index in [9.17, 15) is 32.8 Å². The Balaban J connectivity index is 0.798. The van der Waals surface area contributed by atoms with Gasteiger partial charge in [-0.15, -0.1) is 0 Å². The Kier molecular flexibility index (Phi) is 14.4. The molecule has 3 aliphatic heterocycles. The van der Waals surface area contributed by atoms with E-state index in [4.69, 9.17) is 14.2 Å². The molecule has 5 aliphatic rings. The number of anilines is 2. The molecule has 2 saturated carbocycles. The van der Waals surface area contributed by atoms with Gasteiger partial charge in [0.15, 0.2) is 11.5 Å². The van der Waals surface area contributed by atoms with Gasteiger partial charge in [0.1, 0.15) is 28.7 Å². The molecule has 11 rings (SSSR count). The van der Waals surface area contributed by atoms with Crippen molar-refractivity contribution in [3.8, 4) is 23.0 Å². The summed E-state index contributed by atoms with van der Waals surface area (Å²) in [5.74, 6) is 0.751. The molecular formula is C60H71FN8O9S. The van der Waals surface area contributed by atoms with Crippen LogP contribution in [0.25, 0.3) is 11.0 Å². The molecule has 1 amide bonds. The van der Waals surface area contributed by atoms with Gasteiger partial charge in [-0.05, 0) is 128 Å². The first-order valence-corrected chi connectivity index (χ1v) is 29.1. The van der Waals surface area contributed by atoms with Crippen molar-refractivity contribution < 1.29 is 41.8 Å². The number of carbonyl (C=O) groups is 1. The lowest BCUT2D eigenvalue weighted by Crippen LogP contribution is -2.68. The van der Waals surface area contributed by atoms with Gasteiger partial charge < -0.3 is 34.5 Å². The highest BCUT2D eigenvalue weighted by molar-refractivity contribution is 7.90. The number of piperazine rings is 1. The minimum Gasteiger partial charge on any atom is -0.493 e. The average Bonchev–Trinajstić information content (AvgIpc) is 3.67. The third-order valence-corrected chi connectivity index (χ3v) is 18.8. The summed E-state index contributed by atoms with van der Waals surface area (Å²) < 4.78 is 63.0. The number of sulfonamides is 1. The zero-order valence-corrected chi connectivity index (χ0v) is 46.6. The van der Waals surface area contributed by atoms with Crippen LogP contribution < -0.4 is 29.1 Å². The Bertz CT molecular complexity index is 3410. The first kappa shape index (κ1) is 54.2. The molecule has 0 bridgehead atoms. The number of fused-ring (bicyclic) bond motifs is 2. The number of ether oxygens (including phenoxy) is 3. The zero-order valence-electron chi connectivity index (χ0n) is 45.8. The van der Waals surface area contributed by atoms with Gasteiger partial charge in [0, 0.05) is 92.9 Å². The highest BCUT2D eigenvalue weighted by Gasteiger charge is 2.55. The van der Waals surface area contributed by atoms with Gasteiger partial charge >= 0.3 is 0 Å². The second-order valence-electron chi connectivity index (χ2n) is 24.0. The van der Waals surface area contributed by atoms with Crippen LogP contribution in [-0.2, 0) is 22.0 Å². The highest BCUT2D eigenvalue weighted by Crippen LogP contribution is 2.54. The van der Waals surface area contributed by atoms with E-state index in [0.29, 0.717) is 43.6 Å². The van der Waals surface area contributed by atoms with E-state index in [1.807, 2.05) is 0 Å². The molecule has 19 heteroatoms. The number of hydrogen-bond donors (Lipinski definition) is 4. The number of aromatic nitrogens is 2. The van der Waals surface area contributed by atoms with E-state index in [1.54, 1.807) is 26.2 Å². The van der Waals surface area contributed by atoms with E-state index in [1.165, 1.54) is 58.9 Å². The van der Waals surface area contributed by atoms with Crippen LogP contribution in [0.5, 0.6) is 23.0 Å². The van der Waals surface area contributed by atoms with Crippen LogP contribution in [0.3, 0.4) is 0 Å². The Hall–Kier alpha value is -6.80. The second-order valence-corrected chi connectivity index (χ2v) is 25.7. The van der Waals surface area contributed by atoms with E-state index < -0.39 is 42.9 Å². The van der Waals surface area contributed by atoms with Crippen LogP contribution in [0.1, 0.15) is 124 Å². The second kappa shape index (κ2) is 21.0. The number of nitrogens with one attached hydrogen (secondary N) is 3. The number of nitro benzene ring substituents is 1. The lowest BCUT2D eigenvalue weighted by molar-refractivity contribution is -0.384. The van der Waals surface area contributed by atoms with Crippen molar-refractivity contribution in [3.63, 3.8) is 0 Å². The molecule has 0 unspecified atom stereocenters. The topological polar surface area (TPSA) is 205 Å². The number of methoxy groups -OCH3 is 1. The van der Waals surface area contributed by atoms with Gasteiger partial charge in [-0.2, -0.15) is 0 Å². The smallest absolute Gasteiger partial charge is 0.293 e. The molecule has 6 aromatic rings. The van der Waals surface area contributed by atoms with Crippen molar-refractivity contribution in [2.75, 3.05) is 63.2 Å². The molecule has 418 valence electrons. The number of nitro groups is 1. The summed E-state index contributed by atoms with van der Waals surface area (Å²) in [6.07, 6.45) is 8.28. The molecule has 2 aliphatic carbocycles. The summed E-state index contributed by atoms with van der Waals surface area (Å²) in [4.78, 5) is 39.9. The summed E-state index contributed by atoms with van der Waals surface area (Å²) in [6, 6.07) is 23.8. The number of rotatable bonds is 16. The van der Waals surface area contributed by atoms with E-state index in [-0.39, 0.29) is 50.9 Å². The van der Waals surface area contributed by atoms with Gasteiger partial charge in [0.25, 0.3) is 21.6 Å². The summed E-state index contributed by atoms with van der Waals surface area (Å²) in [5.41, 5.74) is 5.11. The normalized spacial score (nSPS) is 22.2. The maximum atomic E-state index is 14.8. The van der Waals surface area contributed by atoms with Crippen molar-refractivity contribution in [3.05, 3.63) is 135 Å². The van der Waals surface area contributed by atoms with Crippen LogP contribution in [-0.4, -0.2) is 109 Å². The molecule has 4 aromatic carbocycles. The number of halogens is 1. The lowest BCUT2D eigenvalue weighted by Gasteiger charge is -2.63. The van der Waals surface area contributed by atoms with Gasteiger partial charge in [0.2, 0.25) is 0 Å². The number of carbonyl (C=O) groups excluding carboxylic acids is 1. The standard InChI is InChI=1S/C60H71FN8O9S/c1-37(2)44-9-7-8-10-45(44)52-34-66(33-39-23-48-55(54(24-39)76-6)77-22-19-58(48,3)4)20-21-68(52)41-28-60(29-41)35-67(36-60)40-11-13-46(53(25-40)78-42-26-47-49(61)32-64-56(47)63-31-42)57(70)65-79(74,75)43-12-14-50(51(27-43)69(72)73)62-30-38-15-17-59(5,71)18-16-38/h7-14,23-27,31-32,37-38,41,52,62,71H,15-22,28-30,33-36H2,1-6H3,(H,63,64)(H,65,70)/t38-,52-,59-/m0/s1. The van der Waals surface area contributed by atoms with Crippen LogP contribution in [0.2, 0.25) is 0 Å². The number of aliphatic hydroxyl groups is 1. The molecule has 2 aromatic heterocycles. The highest BCUT2D eigenvalue weighted by atomic mass is 32.2. The van der Waals surface area contributed by atoms with Crippen LogP contribution in [0.15, 0.2) is 96.2 Å². The molecule has 5 heterocycles. The van der Waals surface area contributed by atoms with Crippen molar-refractivity contribution in [2.24, 2.45) is 11.3 Å². The fourth-order valence-corrected chi connectivity index (χ4v) is 13.9. The number of amides is 1. The van der Waals surface area contributed by atoms with Crippen LogP contribution in [0.4, 0.5) is 21.5 Å². The van der Waals surface area contributed by atoms with Crippen molar-refractivity contribution in [1.82, 2.24) is 24.5 Å². The Labute approximate surface area is 461 Å². The fraction of sp³-hybridized carbons (Fsp3) is 0.467. The first-order valence-electron chi connectivity index (χ1n) is 27.6. The van der Waals surface area contributed by atoms with Gasteiger partial charge in [-0.25, -0.2) is 22.5 Å². The average molecular weight is 1100 g/mol. The predicted molar refractivity (Wildman–Crippen MR) is 300 cm³/mol. The number of pyridine rings is 1. The molecule has 4 N–H and O–H groups in total. The number of H-pyrrole nitrogens is 1. The lowest BCUT2D eigenvalue weighted by atomic mass is 9.59. The van der Waals surface area contributed by atoms with Crippen LogP contribution in [0, 0.1) is 27.3 Å². The monoisotopic (exact) mass is 1100 g/mol. The first-order chi connectivity index (χ1) is 37.7. The molecule has 1 spiro atoms. The number of benzene rings is 4. The molecule has 1 atom stereocenters. The van der Waals surface area contributed by atoms with Crippen molar-refractivity contribution in [2.45, 2.75) is 120 Å². The van der Waals surface area contributed by atoms with E-state index in [0.717, 1.165) is 94.6 Å². The van der Waals surface area contributed by atoms with Crippen LogP contribution >= 0.6 is 0 Å². The summed E-state index contributed by atoms with van der Waals surface area (Å²) in [6.45, 7) is 17.1. The molecule has 79 heavy (non-hydrogen) atoms. The zero-order chi connectivity index (χ0) is 55.6. The van der Waals surface area contributed by atoms with Gasteiger partial charge in [-0.1, -0.05) is 52.0 Å². The van der Waals surface area contributed by atoms with Gasteiger partial charge in [0.05, 0.1) is 46.3 Å². The third-order valence-electron chi connectivity index (χ3n) is 17.5. The minimum absolute atomic E-state index is 0.0138. The Morgan fingerprint density at radius 1 is 1.00 bits per heavy atom. The Morgan fingerprint density at radius 2 is 1.77 bits per heavy atom. The summed E-state index contributed by atoms with van der Waals surface area (Å²) in [5, 5.41) is 25.9. The number of aromatic amines is 1. The maximum Gasteiger partial charge on any atom is 0.293 e. The van der Waals surface area contributed by atoms with Crippen molar-refractivity contribution >= 4 is 44.0 Å². The summed E-state index contributed by atoms with van der Waals surface area (Å²) >= 11 is 0. The fourth-order valence-electron chi connectivity index (χ4n) is 12.9. The summed E-state index contributed by atoms with van der Waals surface area (Å²) in [7, 11) is -2.93. The largest absolute Gasteiger partial charge is 0.493 e. The maximum absolute atomic E-state index is 14.8. The van der Waals surface area contributed by atoms with E-state index in [2.05, 4.69) is 98.8 Å². The van der Waals surface area contributed by atoms with Crippen molar-refractivity contribution in [1.29, 1.82) is 0 Å². The molecule has 17 nitrogen and oxygen atoms in total. The minimum atomic E-state index is -4.65. The number of nitrogens with zero attached hydrogens (tertiary/aromatic N) is 5. The Morgan fingerprint density at radius 3 is 2.52 bits per heavy atom.